The van der Waals surface area contributed by atoms with Crippen LogP contribution in [-0.4, -0.2) is 188 Å². The van der Waals surface area contributed by atoms with Gasteiger partial charge in [-0.1, -0.05) is 18.9 Å². The van der Waals surface area contributed by atoms with Gasteiger partial charge >= 0.3 is 0 Å². The Labute approximate surface area is 409 Å². The van der Waals surface area contributed by atoms with Crippen molar-refractivity contribution in [3.05, 3.63) is 65.6 Å². The summed E-state index contributed by atoms with van der Waals surface area (Å²) in [6.07, 6.45) is 8.02. The van der Waals surface area contributed by atoms with Gasteiger partial charge in [0.25, 0.3) is 17.7 Å². The molecule has 4 aliphatic rings. The third kappa shape index (κ3) is 12.3. The smallest absolute Gasteiger partial charge is 0.270 e. The summed E-state index contributed by atoms with van der Waals surface area (Å²) in [5, 5.41) is 6.27. The second kappa shape index (κ2) is 24.2. The molecule has 1 aromatic carbocycles. The van der Waals surface area contributed by atoms with E-state index in [-0.39, 0.29) is 55.0 Å². The molecule has 0 bridgehead atoms. The van der Waals surface area contributed by atoms with Crippen LogP contribution in [-0.2, 0) is 38.1 Å². The molecule has 22 heteroatoms. The number of piperazine rings is 1. The van der Waals surface area contributed by atoms with Gasteiger partial charge in [-0.15, -0.1) is 11.8 Å². The Morgan fingerprint density at radius 2 is 1.49 bits per heavy atom. The van der Waals surface area contributed by atoms with Crippen molar-refractivity contribution in [1.82, 2.24) is 39.5 Å². The third-order valence-electron chi connectivity index (χ3n) is 12.5. The van der Waals surface area contributed by atoms with E-state index in [9.17, 15) is 28.8 Å². The van der Waals surface area contributed by atoms with Crippen LogP contribution in [0.4, 0.5) is 17.5 Å². The first-order chi connectivity index (χ1) is 34.1. The molecule has 2 N–H and O–H groups in total. The van der Waals surface area contributed by atoms with Crippen molar-refractivity contribution in [2.24, 2.45) is 0 Å². The fourth-order valence-electron chi connectivity index (χ4n) is 8.91. The number of nitrogens with one attached hydrogen (secondary N) is 2. The fourth-order valence-corrected chi connectivity index (χ4v) is 9.85. The number of carbonyl (C=O) groups is 6. The first-order valence-corrected chi connectivity index (χ1v) is 24.8. The maximum atomic E-state index is 13.3. The van der Waals surface area contributed by atoms with Crippen molar-refractivity contribution in [3.8, 4) is 0 Å². The molecule has 1 atom stereocenters. The zero-order valence-electron chi connectivity index (χ0n) is 39.6. The highest BCUT2D eigenvalue weighted by Crippen LogP contribution is 2.36. The molecule has 1 aliphatic carbocycles. The number of anilines is 3. The van der Waals surface area contributed by atoms with Crippen LogP contribution in [0.5, 0.6) is 0 Å². The molecule has 3 aliphatic heterocycles. The normalized spacial score (nSPS) is 17.5. The minimum atomic E-state index is -1.01. The van der Waals surface area contributed by atoms with Crippen molar-refractivity contribution in [2.45, 2.75) is 55.5 Å². The van der Waals surface area contributed by atoms with Gasteiger partial charge in [0.05, 0.1) is 82.5 Å². The molecule has 2 saturated heterocycles. The van der Waals surface area contributed by atoms with Gasteiger partial charge in [-0.2, -0.15) is 4.98 Å². The first kappa shape index (κ1) is 50.4. The number of hydrogen-bond acceptors (Lipinski definition) is 17. The van der Waals surface area contributed by atoms with Crippen LogP contribution in [0, 0.1) is 0 Å². The van der Waals surface area contributed by atoms with Gasteiger partial charge in [0.15, 0.2) is 0 Å². The fraction of sp³-hybridized carbons (Fsp3) is 0.521. The molecule has 8 rings (SSSR count). The Morgan fingerprint density at radius 1 is 0.800 bits per heavy atom. The summed E-state index contributed by atoms with van der Waals surface area (Å²) in [4.78, 5) is 97.3. The molecule has 6 heterocycles. The number of imide groups is 2. The molecule has 374 valence electrons. The van der Waals surface area contributed by atoms with E-state index in [1.807, 2.05) is 23.1 Å². The van der Waals surface area contributed by atoms with Crippen molar-refractivity contribution < 1.29 is 52.5 Å². The molecule has 70 heavy (non-hydrogen) atoms. The van der Waals surface area contributed by atoms with E-state index < -0.39 is 29.7 Å². The van der Waals surface area contributed by atoms with Gasteiger partial charge in [-0.05, 0) is 49.6 Å². The summed E-state index contributed by atoms with van der Waals surface area (Å²) < 4.78 is 30.0. The summed E-state index contributed by atoms with van der Waals surface area (Å²) in [6, 6.07) is 10.0. The van der Waals surface area contributed by atoms with Crippen LogP contribution in [0.25, 0.3) is 11.0 Å². The highest BCUT2D eigenvalue weighted by atomic mass is 32.2. The highest BCUT2D eigenvalue weighted by Gasteiger charge is 2.45. The molecular formula is C48H60N10O11S. The zero-order valence-corrected chi connectivity index (χ0v) is 40.4. The lowest BCUT2D eigenvalue weighted by Crippen LogP contribution is -2.54. The van der Waals surface area contributed by atoms with Gasteiger partial charge < -0.3 is 48.3 Å². The van der Waals surface area contributed by atoms with Crippen molar-refractivity contribution in [2.75, 3.05) is 122 Å². The Morgan fingerprint density at radius 3 is 2.14 bits per heavy atom. The van der Waals surface area contributed by atoms with Crippen LogP contribution < -0.4 is 15.5 Å². The largest absolute Gasteiger partial charge is 0.378 e. The molecule has 3 fully saturated rings. The summed E-state index contributed by atoms with van der Waals surface area (Å²) in [5.41, 5.74) is 2.85. The van der Waals surface area contributed by atoms with Gasteiger partial charge in [0.1, 0.15) is 29.8 Å². The number of aromatic nitrogens is 4. The maximum Gasteiger partial charge on any atom is 0.270 e. The number of hydrogen-bond donors (Lipinski definition) is 2. The number of amides is 6. The van der Waals surface area contributed by atoms with E-state index in [1.54, 1.807) is 49.6 Å². The molecule has 0 radical (unpaired) electrons. The van der Waals surface area contributed by atoms with E-state index in [2.05, 4.69) is 30.1 Å². The lowest BCUT2D eigenvalue weighted by atomic mass is 10.0. The monoisotopic (exact) mass is 984 g/mol. The topological polar surface area (TPSA) is 229 Å². The third-order valence-corrected chi connectivity index (χ3v) is 13.5. The number of piperidine rings is 1. The van der Waals surface area contributed by atoms with Gasteiger partial charge in [-0.25, -0.2) is 9.97 Å². The molecule has 1 saturated carbocycles. The van der Waals surface area contributed by atoms with E-state index >= 15 is 0 Å². The summed E-state index contributed by atoms with van der Waals surface area (Å²) in [5.74, 6) is -0.682. The number of nitrogens with zero attached hydrogens (tertiary/aromatic N) is 8. The molecule has 6 amide bonds. The van der Waals surface area contributed by atoms with E-state index in [0.717, 1.165) is 47.3 Å². The Kier molecular flexibility index (Phi) is 17.4. The number of benzene rings is 1. The maximum absolute atomic E-state index is 13.3. The zero-order chi connectivity index (χ0) is 49.0. The van der Waals surface area contributed by atoms with Gasteiger partial charge in [-0.3, -0.25) is 39.0 Å². The number of thioether (sulfide) groups is 1. The van der Waals surface area contributed by atoms with E-state index in [0.29, 0.717) is 107 Å². The van der Waals surface area contributed by atoms with Crippen LogP contribution >= 0.6 is 11.8 Å². The lowest BCUT2D eigenvalue weighted by Gasteiger charge is -2.36. The van der Waals surface area contributed by atoms with E-state index in [4.69, 9.17) is 28.7 Å². The quantitative estimate of drug-likeness (QED) is 0.0583. The number of ether oxygens (including phenoxy) is 5. The SMILES string of the molecule is CN(C)C(=O)c1cc2cnc(Nc3ccc(N4CCN(C(=O)COCCOCCOCCOCCOCCSc5cccc6c5C(=O)N(C5CCC(=O)NC5=O)C6=O)CC4)cn3)nc2n1C1CCCC1. The Balaban J connectivity index is 0.628. The summed E-state index contributed by atoms with van der Waals surface area (Å²) in [7, 11) is 3.52. The Bertz CT molecular complexity index is 2510. The van der Waals surface area contributed by atoms with Crippen LogP contribution in [0.3, 0.4) is 0 Å². The molecule has 21 nitrogen and oxygen atoms in total. The highest BCUT2D eigenvalue weighted by molar-refractivity contribution is 7.99. The van der Waals surface area contributed by atoms with Crippen molar-refractivity contribution in [1.29, 1.82) is 0 Å². The number of pyridine rings is 1. The van der Waals surface area contributed by atoms with Crippen LogP contribution in [0.15, 0.2) is 53.7 Å². The predicted molar refractivity (Wildman–Crippen MR) is 257 cm³/mol. The standard InChI is InChI=1S/C48H60N10O11S/c1-54(2)46(63)37-28-32-29-50-48(53-43(32)57(37)33-6-3-4-7-33)51-39-12-10-34(30-49-39)55-14-16-56(17-15-55)41(60)31-69-25-24-67-21-20-65-18-19-66-22-23-68-26-27-70-38-9-5-8-35-42(38)47(64)58(45(35)62)36-11-13-40(59)52-44(36)61/h5,8-10,12,28-30,33,36H,3-4,6-7,11,13-27,31H2,1-2H3,(H,52,59,61)(H,49,50,51,53). The second-order valence-corrected chi connectivity index (χ2v) is 18.5. The molecule has 3 aromatic heterocycles. The minimum Gasteiger partial charge on any atom is -0.378 e. The van der Waals surface area contributed by atoms with Gasteiger partial charge in [0.2, 0.25) is 23.7 Å². The number of rotatable bonds is 24. The van der Waals surface area contributed by atoms with Crippen molar-refractivity contribution in [3.63, 3.8) is 0 Å². The molecule has 1 unspecified atom stereocenters. The Hall–Kier alpha value is -6.04. The average molecular weight is 985 g/mol. The number of fused-ring (bicyclic) bond motifs is 2. The van der Waals surface area contributed by atoms with Crippen LogP contribution in [0.1, 0.15) is 75.8 Å². The molecular weight excluding hydrogens is 925 g/mol. The van der Waals surface area contributed by atoms with Gasteiger partial charge in [0, 0.05) is 75.0 Å². The minimum absolute atomic E-state index is 0.0147. The summed E-state index contributed by atoms with van der Waals surface area (Å²) >= 11 is 1.39. The number of carbonyl (C=O) groups excluding carboxylic acids is 6. The average Bonchev–Trinajstić information content (AvgIpc) is 4.09. The van der Waals surface area contributed by atoms with Crippen LogP contribution in [0.2, 0.25) is 0 Å². The molecule has 4 aromatic rings. The second-order valence-electron chi connectivity index (χ2n) is 17.4. The predicted octanol–water partition coefficient (Wildman–Crippen LogP) is 3.31. The lowest BCUT2D eigenvalue weighted by molar-refractivity contribution is -0.137. The van der Waals surface area contributed by atoms with Crippen molar-refractivity contribution >= 4 is 75.7 Å². The molecule has 0 spiro atoms. The summed E-state index contributed by atoms with van der Waals surface area (Å²) in [6.45, 7) is 5.79. The first-order valence-electron chi connectivity index (χ1n) is 23.8. The van der Waals surface area contributed by atoms with E-state index in [1.165, 1.54) is 11.8 Å².